The number of amides is 1. The average molecular weight is 408 g/mol. The number of anilines is 1. The summed E-state index contributed by atoms with van der Waals surface area (Å²) in [5.74, 6) is -0.780. The lowest BCUT2D eigenvalue weighted by Gasteiger charge is -2.35. The van der Waals surface area contributed by atoms with E-state index in [9.17, 15) is 14.7 Å². The number of aliphatic carboxylic acids is 1. The number of methoxy groups -OCH3 is 1. The molecule has 1 heterocycles. The second-order valence-electron chi connectivity index (χ2n) is 9.08. The molecule has 0 aliphatic carbocycles. The lowest BCUT2D eigenvalue weighted by atomic mass is 9.85. The van der Waals surface area contributed by atoms with Gasteiger partial charge in [-0.1, -0.05) is 50.6 Å². The molecule has 1 unspecified atom stereocenters. The molecule has 2 aromatic rings. The normalized spacial score (nSPS) is 18.1. The van der Waals surface area contributed by atoms with E-state index in [0.29, 0.717) is 22.6 Å². The Labute approximate surface area is 178 Å². The molecule has 3 rings (SSSR count). The van der Waals surface area contributed by atoms with Crippen molar-refractivity contribution in [1.29, 1.82) is 0 Å². The summed E-state index contributed by atoms with van der Waals surface area (Å²) < 4.78 is 5.56. The Morgan fingerprint density at radius 2 is 1.87 bits per heavy atom. The molecule has 1 aliphatic rings. The van der Waals surface area contributed by atoms with Crippen LogP contribution < -0.4 is 9.64 Å². The van der Waals surface area contributed by atoms with Crippen LogP contribution in [0.4, 0.5) is 5.69 Å². The van der Waals surface area contributed by atoms with Crippen LogP contribution in [0.1, 0.15) is 55.6 Å². The third kappa shape index (κ3) is 3.60. The number of hydrogen-bond acceptors (Lipinski definition) is 3. The van der Waals surface area contributed by atoms with Crippen LogP contribution in [0, 0.1) is 0 Å². The predicted octanol–water partition coefficient (Wildman–Crippen LogP) is 4.99. The van der Waals surface area contributed by atoms with E-state index in [1.54, 1.807) is 32.2 Å². The number of nitrogens with zero attached hydrogens (tertiary/aromatic N) is 1. The van der Waals surface area contributed by atoms with Gasteiger partial charge in [0.15, 0.2) is 5.54 Å². The number of rotatable bonds is 5. The summed E-state index contributed by atoms with van der Waals surface area (Å²) in [7, 11) is 1.58. The molecule has 5 heteroatoms. The topological polar surface area (TPSA) is 66.8 Å². The van der Waals surface area contributed by atoms with Crippen LogP contribution in [0.3, 0.4) is 0 Å². The zero-order valence-electron chi connectivity index (χ0n) is 18.3. The number of hydrogen-bond donors (Lipinski definition) is 1. The van der Waals surface area contributed by atoms with Crippen LogP contribution in [-0.4, -0.2) is 29.6 Å². The van der Waals surface area contributed by atoms with Gasteiger partial charge in [0.05, 0.1) is 7.11 Å². The highest BCUT2D eigenvalue weighted by atomic mass is 16.5. The molecule has 2 aromatic carbocycles. The first-order chi connectivity index (χ1) is 14.0. The number of carbonyl (C=O) groups is 2. The number of ether oxygens (including phenoxy) is 1. The number of carbonyl (C=O) groups excluding carboxylic acids is 1. The third-order valence-electron chi connectivity index (χ3n) is 5.60. The Morgan fingerprint density at radius 1 is 1.20 bits per heavy atom. The molecule has 0 aromatic heterocycles. The van der Waals surface area contributed by atoms with Gasteiger partial charge in [-0.15, -0.1) is 6.58 Å². The van der Waals surface area contributed by atoms with Crippen molar-refractivity contribution in [3.05, 3.63) is 71.3 Å². The van der Waals surface area contributed by atoms with E-state index in [1.165, 1.54) is 4.90 Å². The van der Waals surface area contributed by atoms with E-state index >= 15 is 0 Å². The number of benzene rings is 2. The van der Waals surface area contributed by atoms with Gasteiger partial charge in [0, 0.05) is 24.1 Å². The van der Waals surface area contributed by atoms with Crippen LogP contribution in [0.2, 0.25) is 0 Å². The predicted molar refractivity (Wildman–Crippen MR) is 118 cm³/mol. The van der Waals surface area contributed by atoms with Crippen LogP contribution in [0.15, 0.2) is 54.6 Å². The molecule has 0 spiro atoms. The highest BCUT2D eigenvalue weighted by Crippen LogP contribution is 2.44. The van der Waals surface area contributed by atoms with Crippen LogP contribution in [-0.2, 0) is 16.6 Å². The first-order valence-electron chi connectivity index (χ1n) is 10.00. The Balaban J connectivity index is 2.16. The molecule has 0 saturated carbocycles. The number of carboxylic acid groups (broad SMARTS) is 1. The van der Waals surface area contributed by atoms with Crippen molar-refractivity contribution in [3.63, 3.8) is 0 Å². The molecule has 1 N–H and O–H groups in total. The molecule has 5 nitrogen and oxygen atoms in total. The molecule has 30 heavy (non-hydrogen) atoms. The van der Waals surface area contributed by atoms with Crippen molar-refractivity contribution in [3.8, 4) is 5.75 Å². The summed E-state index contributed by atoms with van der Waals surface area (Å²) in [4.78, 5) is 27.7. The Morgan fingerprint density at radius 3 is 2.43 bits per heavy atom. The van der Waals surface area contributed by atoms with Crippen LogP contribution in [0.5, 0.6) is 5.75 Å². The lowest BCUT2D eigenvalue weighted by Crippen LogP contribution is -2.56. The van der Waals surface area contributed by atoms with Crippen molar-refractivity contribution < 1.29 is 19.4 Å². The molecule has 1 aliphatic heterocycles. The van der Waals surface area contributed by atoms with Crippen molar-refractivity contribution in [1.82, 2.24) is 0 Å². The number of carboxylic acids is 1. The highest BCUT2D eigenvalue weighted by molar-refractivity contribution is 6.12. The quantitative estimate of drug-likeness (QED) is 0.710. The van der Waals surface area contributed by atoms with Crippen molar-refractivity contribution in [2.75, 3.05) is 12.0 Å². The number of fused-ring (bicyclic) bond motifs is 1. The average Bonchev–Trinajstić information content (AvgIpc) is 3.00. The van der Waals surface area contributed by atoms with Gasteiger partial charge in [0.1, 0.15) is 5.75 Å². The minimum absolute atomic E-state index is 0.155. The number of para-hydroxylation sites is 1. The highest BCUT2D eigenvalue weighted by Gasteiger charge is 2.52. The van der Waals surface area contributed by atoms with Crippen molar-refractivity contribution >= 4 is 17.6 Å². The van der Waals surface area contributed by atoms with Gasteiger partial charge in [-0.05, 0) is 41.7 Å². The smallest absolute Gasteiger partial charge is 0.330 e. The minimum Gasteiger partial charge on any atom is -0.496 e. The summed E-state index contributed by atoms with van der Waals surface area (Å²) in [5, 5.41) is 10.2. The van der Waals surface area contributed by atoms with Gasteiger partial charge in [-0.3, -0.25) is 9.69 Å². The van der Waals surface area contributed by atoms with Gasteiger partial charge in [0.2, 0.25) is 0 Å². The zero-order chi connectivity index (χ0) is 22.3. The van der Waals surface area contributed by atoms with Gasteiger partial charge in [-0.25, -0.2) is 4.79 Å². The summed E-state index contributed by atoms with van der Waals surface area (Å²) in [6.45, 7) is 11.9. The van der Waals surface area contributed by atoms with Gasteiger partial charge in [-0.2, -0.15) is 0 Å². The molecule has 0 bridgehead atoms. The molecule has 0 saturated heterocycles. The second-order valence-corrected chi connectivity index (χ2v) is 9.08. The first kappa shape index (κ1) is 21.6. The maximum Gasteiger partial charge on any atom is 0.330 e. The van der Waals surface area contributed by atoms with E-state index in [0.717, 1.165) is 11.1 Å². The molecule has 1 atom stereocenters. The Hall–Kier alpha value is -3.08. The van der Waals surface area contributed by atoms with Crippen molar-refractivity contribution in [2.45, 2.75) is 51.5 Å². The van der Waals surface area contributed by atoms with Crippen LogP contribution >= 0.6 is 0 Å². The molecule has 1 amide bonds. The minimum atomic E-state index is -1.40. The summed E-state index contributed by atoms with van der Waals surface area (Å²) in [6.07, 6.45) is 0.425. The molecule has 158 valence electrons. The Bertz CT molecular complexity index is 1020. The van der Waals surface area contributed by atoms with E-state index in [2.05, 4.69) is 27.4 Å². The van der Waals surface area contributed by atoms with E-state index in [1.807, 2.05) is 24.3 Å². The second kappa shape index (κ2) is 7.63. The standard InChI is InChI=1S/C25H29NO4/c1-16(2)14-25(23(28)29)15-18-9-7-8-10-20(18)26(25)22(27)17-11-12-19(24(3,4)5)21(13-17)30-6/h7-13H,1,14-15H2,2-6H3,(H,28,29). The SMILES string of the molecule is C=C(C)CC1(C(=O)O)Cc2ccccc2N1C(=O)c1ccc(C(C)(C)C)c(OC)c1. The summed E-state index contributed by atoms with van der Waals surface area (Å²) in [5.41, 5.74) is 2.00. The maximum atomic E-state index is 13.7. The zero-order valence-corrected chi connectivity index (χ0v) is 18.3. The van der Waals surface area contributed by atoms with E-state index in [4.69, 9.17) is 4.74 Å². The van der Waals surface area contributed by atoms with Gasteiger partial charge >= 0.3 is 5.97 Å². The third-order valence-corrected chi connectivity index (χ3v) is 5.60. The molecular weight excluding hydrogens is 378 g/mol. The fraction of sp³-hybridized carbons (Fsp3) is 0.360. The van der Waals surface area contributed by atoms with Crippen molar-refractivity contribution in [2.24, 2.45) is 0 Å². The van der Waals surface area contributed by atoms with E-state index < -0.39 is 11.5 Å². The summed E-state index contributed by atoms with van der Waals surface area (Å²) >= 11 is 0. The first-order valence-corrected chi connectivity index (χ1v) is 10.00. The molecular formula is C25H29NO4. The fourth-order valence-corrected chi connectivity index (χ4v) is 4.27. The fourth-order valence-electron chi connectivity index (χ4n) is 4.27. The van der Waals surface area contributed by atoms with Gasteiger partial charge in [0.25, 0.3) is 5.91 Å². The maximum absolute atomic E-state index is 13.7. The van der Waals surface area contributed by atoms with Crippen LogP contribution in [0.25, 0.3) is 0 Å². The Kier molecular flexibility index (Phi) is 5.50. The largest absolute Gasteiger partial charge is 0.496 e. The monoisotopic (exact) mass is 407 g/mol. The van der Waals surface area contributed by atoms with Gasteiger partial charge < -0.3 is 9.84 Å². The van der Waals surface area contributed by atoms with E-state index in [-0.39, 0.29) is 24.2 Å². The summed E-state index contributed by atoms with van der Waals surface area (Å²) in [6, 6.07) is 12.7. The molecule has 0 fully saturated rings. The lowest BCUT2D eigenvalue weighted by molar-refractivity contribution is -0.143. The molecule has 0 radical (unpaired) electrons.